The van der Waals surface area contributed by atoms with Gasteiger partial charge in [-0.15, -0.1) is 4.57 Å². The lowest BCUT2D eigenvalue weighted by atomic mass is 10.2. The Bertz CT molecular complexity index is 1170. The van der Waals surface area contributed by atoms with Crippen LogP contribution in [0, 0.1) is 0 Å². The van der Waals surface area contributed by atoms with E-state index in [4.69, 9.17) is 13.0 Å². The summed E-state index contributed by atoms with van der Waals surface area (Å²) in [6, 6.07) is 31.6. The van der Waals surface area contributed by atoms with E-state index in [1.54, 1.807) is 0 Å². The van der Waals surface area contributed by atoms with Crippen LogP contribution in [-0.2, 0) is 10.1 Å². The van der Waals surface area contributed by atoms with Crippen molar-refractivity contribution in [2.24, 2.45) is 0 Å². The van der Waals surface area contributed by atoms with Gasteiger partial charge in [0.05, 0.1) is 5.56 Å². The van der Waals surface area contributed by atoms with Crippen LogP contribution >= 0.6 is 11.3 Å². The van der Waals surface area contributed by atoms with E-state index in [0.29, 0.717) is 0 Å². The Morgan fingerprint density at radius 3 is 1.61 bits per heavy atom. The lowest BCUT2D eigenvalue weighted by Gasteiger charge is -2.08. The topological polar surface area (TPSA) is 61.1 Å². The van der Waals surface area contributed by atoms with E-state index in [9.17, 15) is 13.2 Å². The van der Waals surface area contributed by atoms with Crippen molar-refractivity contribution in [3.63, 3.8) is 0 Å². The molecule has 0 aliphatic carbocycles. The molecule has 0 atom stereocenters. The molecule has 0 N–H and O–H groups in total. The molecule has 4 rings (SSSR count). The summed E-state index contributed by atoms with van der Waals surface area (Å²) in [5, 5.41) is 1.25. The van der Waals surface area contributed by atoms with Crippen LogP contribution in [0.3, 0.4) is 0 Å². The highest BCUT2D eigenvalue weighted by Crippen LogP contribution is 2.31. The summed E-state index contributed by atoms with van der Waals surface area (Å²) < 4.78 is 61.2. The predicted molar refractivity (Wildman–Crippen MR) is 112 cm³/mol. The Kier molecular flexibility index (Phi) is 6.89. The van der Waals surface area contributed by atoms with Gasteiger partial charge >= 0.3 is 5.51 Å². The van der Waals surface area contributed by atoms with E-state index in [0.717, 1.165) is 0 Å². The zero-order valence-electron chi connectivity index (χ0n) is 15.9. The van der Waals surface area contributed by atoms with Crippen LogP contribution in [-0.4, -0.2) is 18.5 Å². The van der Waals surface area contributed by atoms with Crippen LogP contribution in [0.2, 0.25) is 0 Å². The predicted octanol–water partition coefficient (Wildman–Crippen LogP) is 5.41. The van der Waals surface area contributed by atoms with E-state index in [1.807, 2.05) is 11.3 Å². The number of para-hydroxylation sites is 1. The minimum absolute atomic E-state index is 1.18. The lowest BCUT2D eigenvalue weighted by Crippen LogP contribution is -2.29. The molecule has 0 spiro atoms. The van der Waals surface area contributed by atoms with Gasteiger partial charge in [0.2, 0.25) is 5.69 Å². The zero-order chi connectivity index (χ0) is 22.5. The molecule has 0 aliphatic rings. The summed E-state index contributed by atoms with van der Waals surface area (Å²) in [6.45, 7) is 0. The molecule has 1 heterocycles. The molecule has 0 fully saturated rings. The third-order valence-corrected chi connectivity index (χ3v) is 5.82. The Morgan fingerprint density at radius 2 is 1.16 bits per heavy atom. The fraction of sp³-hybridized carbons (Fsp3) is 0.0455. The molecular weight excluding hydrogens is 447 g/mol. The van der Waals surface area contributed by atoms with Gasteiger partial charge in [-0.3, -0.25) is 0 Å². The number of hydrogen-bond acceptors (Lipinski definition) is 4. The number of halogens is 3. The first-order valence-corrected chi connectivity index (χ1v) is 11.1. The third-order valence-electron chi connectivity index (χ3n) is 4.07. The molecule has 31 heavy (non-hydrogen) atoms. The number of nitrogens with zero attached hydrogens (tertiary/aromatic N) is 1. The summed E-state index contributed by atoms with van der Waals surface area (Å²) in [5.74, 6) is 0. The quantitative estimate of drug-likeness (QED) is 0.232. The third kappa shape index (κ3) is 5.78. The number of hydrogen-bond donors (Lipinski definition) is 0. The largest absolute Gasteiger partial charge is 0.741 e. The second kappa shape index (κ2) is 9.42. The van der Waals surface area contributed by atoms with Gasteiger partial charge in [-0.2, -0.15) is 13.2 Å². The molecular formula is C22H16F3NO3S2. The minimum atomic E-state index is -6.09. The maximum absolute atomic E-state index is 10.7. The molecule has 9 heteroatoms. The van der Waals surface area contributed by atoms with Gasteiger partial charge in [-0.05, 0) is 17.7 Å². The monoisotopic (exact) mass is 463 g/mol. The molecule has 0 bridgehead atoms. The highest BCUT2D eigenvalue weighted by atomic mass is 32.2. The molecule has 0 radical (unpaired) electrons. The molecule has 160 valence electrons. The van der Waals surface area contributed by atoms with Gasteiger partial charge in [0.15, 0.2) is 16.3 Å². The first-order valence-electron chi connectivity index (χ1n) is 8.91. The number of aromatic nitrogens is 1. The SMILES string of the molecule is O=S(=O)([O-])C(F)(F)F.c1ccc(-c2c[n+](-c3ccccc3)c(-c3ccccc3)s2)cc1. The van der Waals surface area contributed by atoms with Crippen molar-refractivity contribution in [1.82, 2.24) is 0 Å². The fourth-order valence-electron chi connectivity index (χ4n) is 2.65. The second-order valence-electron chi connectivity index (χ2n) is 6.24. The second-order valence-corrected chi connectivity index (χ2v) is 8.64. The van der Waals surface area contributed by atoms with Crippen LogP contribution in [0.5, 0.6) is 0 Å². The van der Waals surface area contributed by atoms with Crippen molar-refractivity contribution in [3.05, 3.63) is 97.2 Å². The fourth-order valence-corrected chi connectivity index (χ4v) is 3.78. The molecule has 0 saturated carbocycles. The average Bonchev–Trinajstić information content (AvgIpc) is 3.20. The van der Waals surface area contributed by atoms with Gasteiger partial charge in [0, 0.05) is 12.1 Å². The summed E-state index contributed by atoms with van der Waals surface area (Å²) >= 11 is 1.82. The standard InChI is InChI=1S/C21H16NS.CHF3O3S/c1-4-10-17(11-5-1)20-16-22(19-14-8-3-9-15-19)21(23-20)18-12-6-2-7-13-18;2-1(3,4)8(5,6)7/h1-16H;(H,5,6,7)/q+1;/p-1. The smallest absolute Gasteiger partial charge is 0.485 e. The maximum atomic E-state index is 10.7. The summed E-state index contributed by atoms with van der Waals surface area (Å²) in [7, 11) is -6.09. The minimum Gasteiger partial charge on any atom is -0.741 e. The van der Waals surface area contributed by atoms with Crippen molar-refractivity contribution >= 4 is 21.5 Å². The highest BCUT2D eigenvalue weighted by Gasteiger charge is 2.36. The Hall–Kier alpha value is -3.01. The number of thiazole rings is 1. The zero-order valence-corrected chi connectivity index (χ0v) is 17.5. The first-order chi connectivity index (χ1) is 14.7. The summed E-state index contributed by atoms with van der Waals surface area (Å²) in [4.78, 5) is 1.27. The molecule has 0 aliphatic heterocycles. The Labute approximate surface area is 181 Å². The van der Waals surface area contributed by atoms with Crippen molar-refractivity contribution in [1.29, 1.82) is 0 Å². The van der Waals surface area contributed by atoms with Crippen LogP contribution in [0.4, 0.5) is 13.2 Å². The molecule has 4 aromatic rings. The van der Waals surface area contributed by atoms with E-state index in [2.05, 4.69) is 102 Å². The average molecular weight is 464 g/mol. The Morgan fingerprint density at radius 1 is 0.742 bits per heavy atom. The molecule has 3 aromatic carbocycles. The van der Waals surface area contributed by atoms with Crippen molar-refractivity contribution in [2.75, 3.05) is 0 Å². The van der Waals surface area contributed by atoms with Gasteiger partial charge < -0.3 is 4.55 Å². The van der Waals surface area contributed by atoms with E-state index in [-0.39, 0.29) is 0 Å². The van der Waals surface area contributed by atoms with Crippen LogP contribution < -0.4 is 4.57 Å². The first kappa shape index (κ1) is 22.7. The molecule has 0 amide bonds. The highest BCUT2D eigenvalue weighted by molar-refractivity contribution is 7.86. The number of benzene rings is 3. The van der Waals surface area contributed by atoms with Gasteiger partial charge in [-0.25, -0.2) is 8.42 Å². The van der Waals surface area contributed by atoms with E-state index < -0.39 is 15.6 Å². The Balaban J connectivity index is 0.000000293. The molecule has 1 aromatic heterocycles. The van der Waals surface area contributed by atoms with Crippen LogP contribution in [0.1, 0.15) is 0 Å². The van der Waals surface area contributed by atoms with Crippen LogP contribution in [0.15, 0.2) is 97.2 Å². The lowest BCUT2D eigenvalue weighted by molar-refractivity contribution is -0.578. The molecule has 4 nitrogen and oxygen atoms in total. The number of alkyl halides is 3. The van der Waals surface area contributed by atoms with Crippen molar-refractivity contribution in [3.8, 4) is 26.7 Å². The van der Waals surface area contributed by atoms with Gasteiger partial charge in [-0.1, -0.05) is 78.1 Å². The summed E-state index contributed by atoms with van der Waals surface area (Å²) in [5.41, 5.74) is -1.97. The van der Waals surface area contributed by atoms with E-state index in [1.165, 1.54) is 26.7 Å². The summed E-state index contributed by atoms with van der Waals surface area (Å²) in [6.07, 6.45) is 2.23. The van der Waals surface area contributed by atoms with Crippen LogP contribution in [0.25, 0.3) is 26.7 Å². The van der Waals surface area contributed by atoms with E-state index >= 15 is 0 Å². The van der Waals surface area contributed by atoms with Gasteiger partial charge in [0.1, 0.15) is 4.88 Å². The van der Waals surface area contributed by atoms with Gasteiger partial charge in [0.25, 0.3) is 5.01 Å². The normalized spacial score (nSPS) is 11.5. The van der Waals surface area contributed by atoms with Crippen molar-refractivity contribution < 1.29 is 30.7 Å². The molecule has 0 unspecified atom stereocenters. The molecule has 0 saturated heterocycles. The van der Waals surface area contributed by atoms with Crippen molar-refractivity contribution in [2.45, 2.75) is 5.51 Å². The number of rotatable bonds is 3. The maximum Gasteiger partial charge on any atom is 0.485 e.